The minimum absolute atomic E-state index is 0.0523. The van der Waals surface area contributed by atoms with E-state index in [2.05, 4.69) is 5.32 Å². The van der Waals surface area contributed by atoms with Gasteiger partial charge in [-0.1, -0.05) is 0 Å². The second-order valence-electron chi connectivity index (χ2n) is 5.09. The molecule has 0 unspecified atom stereocenters. The van der Waals surface area contributed by atoms with Gasteiger partial charge >= 0.3 is 0 Å². The lowest BCUT2D eigenvalue weighted by Crippen LogP contribution is -2.61. The van der Waals surface area contributed by atoms with E-state index in [1.54, 1.807) is 4.90 Å². The van der Waals surface area contributed by atoms with Crippen LogP contribution in [0.4, 0.5) is 0 Å². The predicted octanol–water partition coefficient (Wildman–Crippen LogP) is 0.148. The van der Waals surface area contributed by atoms with Crippen molar-refractivity contribution in [3.05, 3.63) is 0 Å². The van der Waals surface area contributed by atoms with Gasteiger partial charge in [-0.15, -0.1) is 0 Å². The molecule has 1 N–H and O–H groups in total. The van der Waals surface area contributed by atoms with Gasteiger partial charge in [-0.25, -0.2) is 0 Å². The Kier molecular flexibility index (Phi) is 3.91. The first-order chi connectivity index (χ1) is 7.28. The van der Waals surface area contributed by atoms with Gasteiger partial charge in [0.25, 0.3) is 0 Å². The molecule has 92 valence electrons. The summed E-state index contributed by atoms with van der Waals surface area (Å²) in [6, 6.07) is 0.0833. The fourth-order valence-corrected chi connectivity index (χ4v) is 1.38. The summed E-state index contributed by atoms with van der Waals surface area (Å²) in [7, 11) is 0. The van der Waals surface area contributed by atoms with Crippen molar-refractivity contribution >= 4 is 11.8 Å². The first kappa shape index (κ1) is 13.0. The van der Waals surface area contributed by atoms with Crippen LogP contribution in [-0.2, 0) is 14.3 Å². The highest BCUT2D eigenvalue weighted by molar-refractivity contribution is 5.79. The van der Waals surface area contributed by atoms with Gasteiger partial charge in [0, 0.05) is 20.0 Å². The maximum atomic E-state index is 11.4. The van der Waals surface area contributed by atoms with Crippen LogP contribution in [-0.4, -0.2) is 48.1 Å². The summed E-state index contributed by atoms with van der Waals surface area (Å²) >= 11 is 0. The van der Waals surface area contributed by atoms with E-state index in [0.717, 1.165) is 0 Å². The molecule has 0 aromatic heterocycles. The molecule has 1 aliphatic heterocycles. The number of hydrogen-bond donors (Lipinski definition) is 1. The van der Waals surface area contributed by atoms with Crippen LogP contribution in [0.15, 0.2) is 0 Å². The second-order valence-corrected chi connectivity index (χ2v) is 5.09. The third-order valence-electron chi connectivity index (χ3n) is 2.33. The summed E-state index contributed by atoms with van der Waals surface area (Å²) < 4.78 is 5.34. The van der Waals surface area contributed by atoms with Gasteiger partial charge in [-0.2, -0.15) is 0 Å². The van der Waals surface area contributed by atoms with E-state index in [0.29, 0.717) is 13.1 Å². The Bertz CT molecular complexity index is 277. The third kappa shape index (κ3) is 4.18. The van der Waals surface area contributed by atoms with Crippen molar-refractivity contribution < 1.29 is 14.3 Å². The predicted molar refractivity (Wildman–Crippen MR) is 59.9 cm³/mol. The lowest BCUT2D eigenvalue weighted by Gasteiger charge is -2.39. The van der Waals surface area contributed by atoms with Gasteiger partial charge in [0.05, 0.1) is 11.6 Å². The minimum Gasteiger partial charge on any atom is -0.366 e. The van der Waals surface area contributed by atoms with Crippen molar-refractivity contribution in [1.82, 2.24) is 10.2 Å². The molecule has 0 spiro atoms. The fourth-order valence-electron chi connectivity index (χ4n) is 1.38. The maximum Gasteiger partial charge on any atom is 0.246 e. The van der Waals surface area contributed by atoms with Gasteiger partial charge in [-0.05, 0) is 20.8 Å². The Morgan fingerprint density at radius 3 is 2.38 bits per heavy atom. The number of rotatable bonds is 3. The highest BCUT2D eigenvalue weighted by Crippen LogP contribution is 2.08. The molecule has 0 radical (unpaired) electrons. The Hall–Kier alpha value is -1.10. The van der Waals surface area contributed by atoms with E-state index < -0.39 is 0 Å². The zero-order chi connectivity index (χ0) is 12.3. The van der Waals surface area contributed by atoms with E-state index in [9.17, 15) is 9.59 Å². The molecule has 1 rings (SSSR count). The average Bonchev–Trinajstić information content (AvgIpc) is 2.05. The number of amides is 2. The largest absolute Gasteiger partial charge is 0.366 e. The van der Waals surface area contributed by atoms with Crippen LogP contribution in [0, 0.1) is 0 Å². The molecular formula is C11H20N2O3. The first-order valence-electron chi connectivity index (χ1n) is 5.47. The van der Waals surface area contributed by atoms with Crippen LogP contribution in [0.25, 0.3) is 0 Å². The van der Waals surface area contributed by atoms with Crippen LogP contribution in [0.5, 0.6) is 0 Å². The van der Waals surface area contributed by atoms with Crippen LogP contribution in [0.2, 0.25) is 0 Å². The Morgan fingerprint density at radius 1 is 1.38 bits per heavy atom. The molecule has 2 amide bonds. The van der Waals surface area contributed by atoms with Gasteiger partial charge < -0.3 is 15.0 Å². The number of hydrogen-bond acceptors (Lipinski definition) is 3. The second kappa shape index (κ2) is 4.82. The summed E-state index contributed by atoms with van der Waals surface area (Å²) in [4.78, 5) is 24.0. The van der Waals surface area contributed by atoms with Crippen molar-refractivity contribution in [2.45, 2.75) is 39.3 Å². The summed E-state index contributed by atoms with van der Waals surface area (Å²) in [5, 5.41) is 2.82. The molecule has 16 heavy (non-hydrogen) atoms. The Balaban J connectivity index is 2.15. The third-order valence-corrected chi connectivity index (χ3v) is 2.33. The zero-order valence-corrected chi connectivity index (χ0v) is 10.4. The SMILES string of the molecule is CC(=O)N1CC(NC(=O)COC(C)(C)C)C1. The maximum absolute atomic E-state index is 11.4. The van der Waals surface area contributed by atoms with E-state index in [1.165, 1.54) is 6.92 Å². The van der Waals surface area contributed by atoms with Gasteiger partial charge in [0.1, 0.15) is 6.61 Å². The Morgan fingerprint density at radius 2 is 1.94 bits per heavy atom. The topological polar surface area (TPSA) is 58.6 Å². The molecule has 1 heterocycles. The van der Waals surface area contributed by atoms with Crippen molar-refractivity contribution in [3.8, 4) is 0 Å². The van der Waals surface area contributed by atoms with Gasteiger partial charge in [0.2, 0.25) is 11.8 Å². The lowest BCUT2D eigenvalue weighted by atomic mass is 10.1. The summed E-state index contributed by atoms with van der Waals surface area (Å²) in [6.45, 7) is 8.53. The molecule has 5 heteroatoms. The molecule has 1 fully saturated rings. The molecule has 0 aromatic carbocycles. The minimum atomic E-state index is -0.303. The van der Waals surface area contributed by atoms with Crippen LogP contribution in [0.1, 0.15) is 27.7 Å². The molecule has 0 bridgehead atoms. The van der Waals surface area contributed by atoms with Gasteiger partial charge in [0.15, 0.2) is 0 Å². The summed E-state index contributed by atoms with van der Waals surface area (Å²) in [5.41, 5.74) is -0.303. The molecule has 1 aliphatic rings. The smallest absolute Gasteiger partial charge is 0.246 e. The first-order valence-corrected chi connectivity index (χ1v) is 5.47. The van der Waals surface area contributed by atoms with Gasteiger partial charge in [-0.3, -0.25) is 9.59 Å². The number of carbonyl (C=O) groups is 2. The van der Waals surface area contributed by atoms with Crippen molar-refractivity contribution in [3.63, 3.8) is 0 Å². The Labute approximate surface area is 96.1 Å². The van der Waals surface area contributed by atoms with E-state index >= 15 is 0 Å². The highest BCUT2D eigenvalue weighted by atomic mass is 16.5. The lowest BCUT2D eigenvalue weighted by molar-refractivity contribution is -0.138. The normalized spacial score (nSPS) is 16.9. The molecular weight excluding hydrogens is 208 g/mol. The summed E-state index contributed by atoms with van der Waals surface area (Å²) in [6.07, 6.45) is 0. The number of ether oxygens (including phenoxy) is 1. The van der Waals surface area contributed by atoms with E-state index in [1.807, 2.05) is 20.8 Å². The highest BCUT2D eigenvalue weighted by Gasteiger charge is 2.29. The standard InChI is InChI=1S/C11H20N2O3/c1-8(14)13-5-9(6-13)12-10(15)7-16-11(2,3)4/h9H,5-7H2,1-4H3,(H,12,15). The molecule has 0 aromatic rings. The summed E-state index contributed by atoms with van der Waals surface area (Å²) in [5.74, 6) is -0.0698. The van der Waals surface area contributed by atoms with E-state index in [4.69, 9.17) is 4.74 Å². The van der Waals surface area contributed by atoms with E-state index in [-0.39, 0.29) is 30.1 Å². The van der Waals surface area contributed by atoms with Crippen molar-refractivity contribution in [1.29, 1.82) is 0 Å². The molecule has 1 saturated heterocycles. The molecule has 0 aliphatic carbocycles. The fraction of sp³-hybridized carbons (Fsp3) is 0.818. The number of nitrogens with zero attached hydrogens (tertiary/aromatic N) is 1. The van der Waals surface area contributed by atoms with Crippen LogP contribution >= 0.6 is 0 Å². The van der Waals surface area contributed by atoms with Crippen LogP contribution < -0.4 is 5.32 Å². The molecule has 5 nitrogen and oxygen atoms in total. The average molecular weight is 228 g/mol. The number of carbonyl (C=O) groups excluding carboxylic acids is 2. The molecule has 0 saturated carbocycles. The van der Waals surface area contributed by atoms with Crippen molar-refractivity contribution in [2.24, 2.45) is 0 Å². The zero-order valence-electron chi connectivity index (χ0n) is 10.4. The van der Waals surface area contributed by atoms with Crippen LogP contribution in [0.3, 0.4) is 0 Å². The molecule has 0 atom stereocenters. The number of likely N-dealkylation sites (tertiary alicyclic amines) is 1. The number of nitrogens with one attached hydrogen (secondary N) is 1. The van der Waals surface area contributed by atoms with Crippen molar-refractivity contribution in [2.75, 3.05) is 19.7 Å². The quantitative estimate of drug-likeness (QED) is 0.748. The monoisotopic (exact) mass is 228 g/mol.